The zero-order chi connectivity index (χ0) is 18.6. The zero-order valence-electron chi connectivity index (χ0n) is 13.6. The molecule has 2 rings (SSSR count). The number of sulfonamides is 1. The van der Waals surface area contributed by atoms with Crippen molar-refractivity contribution in [3.8, 4) is 0 Å². The van der Waals surface area contributed by atoms with Crippen LogP contribution in [0.25, 0.3) is 0 Å². The summed E-state index contributed by atoms with van der Waals surface area (Å²) in [6.07, 6.45) is 0. The van der Waals surface area contributed by atoms with Crippen molar-refractivity contribution in [1.29, 1.82) is 0 Å². The van der Waals surface area contributed by atoms with Crippen molar-refractivity contribution in [2.45, 2.75) is 4.90 Å². The molecule has 0 atom stereocenters. The summed E-state index contributed by atoms with van der Waals surface area (Å²) >= 11 is 5.66. The maximum atomic E-state index is 13.1. The van der Waals surface area contributed by atoms with E-state index in [4.69, 9.17) is 11.6 Å². The molecule has 134 valence electrons. The molecule has 0 spiro atoms. The first-order chi connectivity index (χ1) is 11.7. The highest BCUT2D eigenvalue weighted by Crippen LogP contribution is 2.19. The monoisotopic (exact) mass is 385 g/mol. The summed E-state index contributed by atoms with van der Waals surface area (Å²) in [5.74, 6) is -0.881. The minimum absolute atomic E-state index is 0.0388. The number of nitrogens with zero attached hydrogens (tertiary/aromatic N) is 1. The number of hydrogen-bond donors (Lipinski definition) is 2. The van der Waals surface area contributed by atoms with E-state index in [-0.39, 0.29) is 22.4 Å². The first kappa shape index (κ1) is 19.2. The van der Waals surface area contributed by atoms with Crippen molar-refractivity contribution in [2.24, 2.45) is 0 Å². The van der Waals surface area contributed by atoms with E-state index in [9.17, 15) is 17.6 Å². The fourth-order valence-electron chi connectivity index (χ4n) is 1.91. The molecule has 1 amide bonds. The predicted octanol–water partition coefficient (Wildman–Crippen LogP) is 2.78. The second-order valence-electron chi connectivity index (χ2n) is 5.34. The molecule has 0 bridgehead atoms. The van der Waals surface area contributed by atoms with Crippen LogP contribution in [-0.4, -0.2) is 39.3 Å². The van der Waals surface area contributed by atoms with Crippen LogP contribution in [0, 0.1) is 5.82 Å². The van der Waals surface area contributed by atoms with E-state index in [1.165, 1.54) is 56.6 Å². The molecule has 9 heteroatoms. The predicted molar refractivity (Wildman–Crippen MR) is 95.8 cm³/mol. The van der Waals surface area contributed by atoms with Gasteiger partial charge in [-0.05, 0) is 42.5 Å². The van der Waals surface area contributed by atoms with Crippen molar-refractivity contribution in [2.75, 3.05) is 31.3 Å². The Labute approximate surface area is 150 Å². The summed E-state index contributed by atoms with van der Waals surface area (Å²) in [6.45, 7) is -0.0558. The first-order valence-electron chi connectivity index (χ1n) is 7.21. The summed E-state index contributed by atoms with van der Waals surface area (Å²) in [5, 5.41) is 5.41. The fourth-order valence-corrected chi connectivity index (χ4v) is 3.00. The lowest BCUT2D eigenvalue weighted by atomic mass is 10.3. The Morgan fingerprint density at radius 3 is 2.28 bits per heavy atom. The Morgan fingerprint density at radius 2 is 1.72 bits per heavy atom. The van der Waals surface area contributed by atoms with Crippen molar-refractivity contribution >= 4 is 38.9 Å². The Morgan fingerprint density at radius 1 is 1.12 bits per heavy atom. The molecule has 0 saturated carbocycles. The summed E-state index contributed by atoms with van der Waals surface area (Å²) in [5.41, 5.74) is 0.968. The summed E-state index contributed by atoms with van der Waals surface area (Å²) in [6, 6.07) is 9.88. The SMILES string of the molecule is CN(C)S(=O)(=O)c1ccc(NC(=O)CNc2ccc(F)c(Cl)c2)cc1. The molecule has 0 aliphatic rings. The maximum absolute atomic E-state index is 13.1. The molecule has 0 aliphatic heterocycles. The van der Waals surface area contributed by atoms with E-state index in [2.05, 4.69) is 10.6 Å². The van der Waals surface area contributed by atoms with Crippen LogP contribution in [0.15, 0.2) is 47.4 Å². The molecule has 2 N–H and O–H groups in total. The van der Waals surface area contributed by atoms with Gasteiger partial charge in [-0.2, -0.15) is 0 Å². The second-order valence-corrected chi connectivity index (χ2v) is 7.90. The molecule has 0 aromatic heterocycles. The first-order valence-corrected chi connectivity index (χ1v) is 9.03. The number of benzene rings is 2. The molecule has 2 aromatic rings. The van der Waals surface area contributed by atoms with Crippen molar-refractivity contribution in [1.82, 2.24) is 4.31 Å². The third-order valence-electron chi connectivity index (χ3n) is 3.29. The summed E-state index contributed by atoms with van der Waals surface area (Å²) in [7, 11) is -0.625. The standard InChI is InChI=1S/C16H17ClFN3O3S/c1-21(2)25(23,24)13-6-3-11(4-7-13)20-16(22)10-19-12-5-8-15(18)14(17)9-12/h3-9,19H,10H2,1-2H3,(H,20,22). The van der Waals surface area contributed by atoms with Crippen LogP contribution in [0.5, 0.6) is 0 Å². The van der Waals surface area contributed by atoms with Crippen LogP contribution in [0.4, 0.5) is 15.8 Å². The molecule has 0 unspecified atom stereocenters. The Hall–Kier alpha value is -2.16. The largest absolute Gasteiger partial charge is 0.376 e. The van der Waals surface area contributed by atoms with E-state index >= 15 is 0 Å². The molecule has 25 heavy (non-hydrogen) atoms. The molecule has 0 saturated heterocycles. The highest BCUT2D eigenvalue weighted by Gasteiger charge is 2.16. The van der Waals surface area contributed by atoms with Gasteiger partial charge >= 0.3 is 0 Å². The second kappa shape index (κ2) is 7.81. The van der Waals surface area contributed by atoms with Crippen molar-refractivity contribution in [3.63, 3.8) is 0 Å². The van der Waals surface area contributed by atoms with Gasteiger partial charge < -0.3 is 10.6 Å². The Bertz CT molecular complexity index is 871. The van der Waals surface area contributed by atoms with Gasteiger partial charge in [-0.3, -0.25) is 4.79 Å². The quantitative estimate of drug-likeness (QED) is 0.801. The zero-order valence-corrected chi connectivity index (χ0v) is 15.2. The lowest BCUT2D eigenvalue weighted by molar-refractivity contribution is -0.114. The maximum Gasteiger partial charge on any atom is 0.243 e. The van der Waals surface area contributed by atoms with E-state index < -0.39 is 15.8 Å². The smallest absolute Gasteiger partial charge is 0.243 e. The highest BCUT2D eigenvalue weighted by atomic mass is 35.5. The number of nitrogens with one attached hydrogen (secondary N) is 2. The van der Waals surface area contributed by atoms with Gasteiger partial charge in [-0.25, -0.2) is 17.1 Å². The van der Waals surface area contributed by atoms with Gasteiger partial charge in [0, 0.05) is 25.5 Å². The van der Waals surface area contributed by atoms with Crippen LogP contribution < -0.4 is 10.6 Å². The number of anilines is 2. The highest BCUT2D eigenvalue weighted by molar-refractivity contribution is 7.89. The number of rotatable bonds is 6. The van der Waals surface area contributed by atoms with E-state index in [0.717, 1.165) is 4.31 Å². The number of carbonyl (C=O) groups excluding carboxylic acids is 1. The molecular weight excluding hydrogens is 369 g/mol. The lowest BCUT2D eigenvalue weighted by Gasteiger charge is -2.12. The molecule has 0 aliphatic carbocycles. The minimum atomic E-state index is -3.51. The van der Waals surface area contributed by atoms with Gasteiger partial charge in [-0.15, -0.1) is 0 Å². The summed E-state index contributed by atoms with van der Waals surface area (Å²) < 4.78 is 38.1. The van der Waals surface area contributed by atoms with Gasteiger partial charge in [0.2, 0.25) is 15.9 Å². The number of halogens is 2. The lowest BCUT2D eigenvalue weighted by Crippen LogP contribution is -2.23. The van der Waals surface area contributed by atoms with Gasteiger partial charge in [0.15, 0.2) is 0 Å². The molecule has 2 aromatic carbocycles. The van der Waals surface area contributed by atoms with E-state index in [0.29, 0.717) is 11.4 Å². The number of hydrogen-bond acceptors (Lipinski definition) is 4. The fraction of sp³-hybridized carbons (Fsp3) is 0.188. The topological polar surface area (TPSA) is 78.5 Å². The Kier molecular flexibility index (Phi) is 5.99. The van der Waals surface area contributed by atoms with Gasteiger partial charge in [-0.1, -0.05) is 11.6 Å². The van der Waals surface area contributed by atoms with Crippen molar-refractivity contribution in [3.05, 3.63) is 53.3 Å². The van der Waals surface area contributed by atoms with Gasteiger partial charge in [0.1, 0.15) is 5.82 Å². The van der Waals surface area contributed by atoms with Crippen LogP contribution in [-0.2, 0) is 14.8 Å². The molecule has 0 radical (unpaired) electrons. The average Bonchev–Trinajstić information content (AvgIpc) is 2.56. The van der Waals surface area contributed by atoms with E-state index in [1.807, 2.05) is 0 Å². The van der Waals surface area contributed by atoms with Gasteiger partial charge in [0.25, 0.3) is 0 Å². The molecule has 0 fully saturated rings. The van der Waals surface area contributed by atoms with Crippen LogP contribution in [0.1, 0.15) is 0 Å². The molecular formula is C16H17ClFN3O3S. The van der Waals surface area contributed by atoms with E-state index in [1.54, 1.807) is 0 Å². The van der Waals surface area contributed by atoms with Crippen molar-refractivity contribution < 1.29 is 17.6 Å². The van der Waals surface area contributed by atoms with Crippen LogP contribution in [0.2, 0.25) is 5.02 Å². The Balaban J connectivity index is 1.95. The van der Waals surface area contributed by atoms with Gasteiger partial charge in [0.05, 0.1) is 16.5 Å². The van der Waals surface area contributed by atoms with Crippen LogP contribution >= 0.6 is 11.6 Å². The third kappa shape index (κ3) is 4.91. The molecule has 0 heterocycles. The minimum Gasteiger partial charge on any atom is -0.376 e. The average molecular weight is 386 g/mol. The normalized spacial score (nSPS) is 11.4. The number of amides is 1. The molecule has 6 nitrogen and oxygen atoms in total. The summed E-state index contributed by atoms with van der Waals surface area (Å²) in [4.78, 5) is 12.1. The third-order valence-corrected chi connectivity index (χ3v) is 5.41. The number of carbonyl (C=O) groups is 1. The van der Waals surface area contributed by atoms with Crippen LogP contribution in [0.3, 0.4) is 0 Å².